The van der Waals surface area contributed by atoms with E-state index in [-0.39, 0.29) is 17.5 Å². The van der Waals surface area contributed by atoms with E-state index in [0.29, 0.717) is 0 Å². The van der Waals surface area contributed by atoms with Crippen molar-refractivity contribution in [3.05, 3.63) is 12.2 Å². The lowest BCUT2D eigenvalue weighted by atomic mass is 9.86. The van der Waals surface area contributed by atoms with Gasteiger partial charge in [0.25, 0.3) is 0 Å². The molecule has 0 saturated heterocycles. The summed E-state index contributed by atoms with van der Waals surface area (Å²) in [4.78, 5) is 12.1. The molecule has 0 spiro atoms. The molecule has 0 aliphatic heterocycles. The lowest BCUT2D eigenvalue weighted by Crippen LogP contribution is -2.35. The largest absolute Gasteiger partial charge is 0.459 e. The van der Waals surface area contributed by atoms with Crippen LogP contribution in [-0.4, -0.2) is 11.6 Å². The van der Waals surface area contributed by atoms with Gasteiger partial charge >= 0.3 is 5.97 Å². The van der Waals surface area contributed by atoms with E-state index in [9.17, 15) is 4.79 Å². The van der Waals surface area contributed by atoms with Gasteiger partial charge < -0.3 is 4.74 Å². The summed E-state index contributed by atoms with van der Waals surface area (Å²) in [7, 11) is 0. The van der Waals surface area contributed by atoms with Crippen LogP contribution in [0.2, 0.25) is 0 Å². The van der Waals surface area contributed by atoms with E-state index < -0.39 is 0 Å². The van der Waals surface area contributed by atoms with Gasteiger partial charge in [-0.05, 0) is 51.9 Å². The second-order valence-electron chi connectivity index (χ2n) is 6.52. The molecule has 2 heteroatoms. The molecule has 1 saturated carbocycles. The molecule has 0 bridgehead atoms. The van der Waals surface area contributed by atoms with Crippen molar-refractivity contribution in [2.45, 2.75) is 90.6 Å². The van der Waals surface area contributed by atoms with E-state index >= 15 is 0 Å². The Bertz CT molecular complexity index is 301. The summed E-state index contributed by atoms with van der Waals surface area (Å²) in [5.41, 5.74) is -0.194. The van der Waals surface area contributed by atoms with Gasteiger partial charge in [0.1, 0.15) is 5.60 Å². The van der Waals surface area contributed by atoms with Gasteiger partial charge in [-0.25, -0.2) is 0 Å². The average molecular weight is 280 g/mol. The lowest BCUT2D eigenvalue weighted by Gasteiger charge is -2.34. The molecule has 0 amide bonds. The minimum atomic E-state index is -0.194. The second-order valence-corrected chi connectivity index (χ2v) is 6.52. The molecule has 0 aromatic carbocycles. The molecule has 0 aromatic rings. The van der Waals surface area contributed by atoms with E-state index in [4.69, 9.17) is 4.74 Å². The Morgan fingerprint density at radius 3 is 2.50 bits per heavy atom. The molecule has 116 valence electrons. The Morgan fingerprint density at radius 2 is 1.85 bits per heavy atom. The molecule has 1 atom stereocenters. The molecule has 20 heavy (non-hydrogen) atoms. The van der Waals surface area contributed by atoms with Gasteiger partial charge in [0.05, 0.1) is 5.92 Å². The maximum atomic E-state index is 12.1. The number of allylic oxidation sites excluding steroid dienone is 2. The third-order valence-corrected chi connectivity index (χ3v) is 4.32. The quantitative estimate of drug-likeness (QED) is 0.337. The molecule has 2 nitrogen and oxygen atoms in total. The summed E-state index contributed by atoms with van der Waals surface area (Å²) >= 11 is 0. The number of carbonyl (C=O) groups is 1. The summed E-state index contributed by atoms with van der Waals surface area (Å²) < 4.78 is 5.77. The summed E-state index contributed by atoms with van der Waals surface area (Å²) in [6.07, 6.45) is 15.7. The second kappa shape index (κ2) is 9.20. The first-order chi connectivity index (χ1) is 9.57. The highest BCUT2D eigenvalue weighted by atomic mass is 16.6. The molecule has 1 rings (SSSR count). The number of rotatable bonds is 8. The van der Waals surface area contributed by atoms with Crippen molar-refractivity contribution in [1.82, 2.24) is 0 Å². The van der Waals surface area contributed by atoms with Crippen LogP contribution in [0.15, 0.2) is 12.2 Å². The third-order valence-electron chi connectivity index (χ3n) is 4.32. The van der Waals surface area contributed by atoms with E-state index in [0.717, 1.165) is 32.1 Å². The van der Waals surface area contributed by atoms with Crippen molar-refractivity contribution in [2.24, 2.45) is 5.92 Å². The van der Waals surface area contributed by atoms with E-state index in [2.05, 4.69) is 26.0 Å². The van der Waals surface area contributed by atoms with Crippen LogP contribution in [0.4, 0.5) is 0 Å². The van der Waals surface area contributed by atoms with Gasteiger partial charge in [0, 0.05) is 0 Å². The topological polar surface area (TPSA) is 26.3 Å². The van der Waals surface area contributed by atoms with Crippen LogP contribution in [0.3, 0.4) is 0 Å². The van der Waals surface area contributed by atoms with Gasteiger partial charge in [-0.3, -0.25) is 4.79 Å². The predicted octanol–water partition coefficient (Wildman–Crippen LogP) is 5.42. The summed E-state index contributed by atoms with van der Waals surface area (Å²) in [5.74, 6) is 0.0148. The molecule has 1 aliphatic rings. The Morgan fingerprint density at radius 1 is 1.20 bits per heavy atom. The van der Waals surface area contributed by atoms with Gasteiger partial charge in [0.2, 0.25) is 0 Å². The van der Waals surface area contributed by atoms with Crippen molar-refractivity contribution in [2.75, 3.05) is 0 Å². The Kier molecular flexibility index (Phi) is 7.94. The van der Waals surface area contributed by atoms with Gasteiger partial charge in [-0.1, -0.05) is 45.3 Å². The monoisotopic (exact) mass is 280 g/mol. The number of hydrogen-bond donors (Lipinski definition) is 0. The van der Waals surface area contributed by atoms with Gasteiger partial charge in [-0.15, -0.1) is 0 Å². The van der Waals surface area contributed by atoms with Crippen molar-refractivity contribution in [1.29, 1.82) is 0 Å². The number of ether oxygens (including phenoxy) is 1. The molecular formula is C18H32O2. The van der Waals surface area contributed by atoms with E-state index in [1.807, 2.05) is 6.92 Å². The number of esters is 1. The first-order valence-electron chi connectivity index (χ1n) is 8.45. The molecule has 0 radical (unpaired) electrons. The number of unbranched alkanes of at least 4 members (excludes halogenated alkanes) is 2. The van der Waals surface area contributed by atoms with Crippen LogP contribution in [0.5, 0.6) is 0 Å². The average Bonchev–Trinajstić information content (AvgIpc) is 2.42. The summed E-state index contributed by atoms with van der Waals surface area (Å²) in [6, 6.07) is 0. The van der Waals surface area contributed by atoms with Crippen LogP contribution < -0.4 is 0 Å². The summed E-state index contributed by atoms with van der Waals surface area (Å²) in [6.45, 7) is 6.30. The van der Waals surface area contributed by atoms with Crippen LogP contribution >= 0.6 is 0 Å². The molecular weight excluding hydrogens is 248 g/mol. The van der Waals surface area contributed by atoms with Crippen molar-refractivity contribution >= 4 is 5.97 Å². The third kappa shape index (κ3) is 6.58. The predicted molar refractivity (Wildman–Crippen MR) is 84.6 cm³/mol. The van der Waals surface area contributed by atoms with Crippen LogP contribution in [0.25, 0.3) is 0 Å². The molecule has 0 aromatic heterocycles. The SMILES string of the molecule is CCCCC=CCCC(C)C(=O)OC1(C)CCCCC1. The van der Waals surface area contributed by atoms with Crippen molar-refractivity contribution in [3.8, 4) is 0 Å². The smallest absolute Gasteiger partial charge is 0.309 e. The molecule has 0 heterocycles. The molecule has 1 aliphatic carbocycles. The zero-order valence-corrected chi connectivity index (χ0v) is 13.6. The van der Waals surface area contributed by atoms with Crippen LogP contribution in [0, 0.1) is 5.92 Å². The Balaban J connectivity index is 2.23. The van der Waals surface area contributed by atoms with Gasteiger partial charge in [0.15, 0.2) is 0 Å². The number of hydrogen-bond acceptors (Lipinski definition) is 2. The fourth-order valence-corrected chi connectivity index (χ4v) is 2.77. The zero-order chi connectivity index (χ0) is 14.8. The summed E-state index contributed by atoms with van der Waals surface area (Å²) in [5, 5.41) is 0. The first kappa shape index (κ1) is 17.3. The first-order valence-corrected chi connectivity index (χ1v) is 8.45. The normalized spacial score (nSPS) is 19.9. The van der Waals surface area contributed by atoms with Gasteiger partial charge in [-0.2, -0.15) is 0 Å². The molecule has 1 unspecified atom stereocenters. The Hall–Kier alpha value is -0.790. The molecule has 0 N–H and O–H groups in total. The van der Waals surface area contributed by atoms with Crippen molar-refractivity contribution in [3.63, 3.8) is 0 Å². The maximum absolute atomic E-state index is 12.1. The highest BCUT2D eigenvalue weighted by Gasteiger charge is 2.31. The van der Waals surface area contributed by atoms with E-state index in [1.54, 1.807) is 0 Å². The fraction of sp³-hybridized carbons (Fsp3) is 0.833. The minimum absolute atomic E-state index is 0.00337. The highest BCUT2D eigenvalue weighted by molar-refractivity contribution is 5.72. The minimum Gasteiger partial charge on any atom is -0.459 e. The van der Waals surface area contributed by atoms with Crippen LogP contribution in [-0.2, 0) is 9.53 Å². The Labute approximate surface area is 125 Å². The maximum Gasteiger partial charge on any atom is 0.309 e. The number of carbonyl (C=O) groups excluding carboxylic acids is 1. The fourth-order valence-electron chi connectivity index (χ4n) is 2.77. The van der Waals surface area contributed by atoms with Crippen LogP contribution in [0.1, 0.15) is 85.0 Å². The highest BCUT2D eigenvalue weighted by Crippen LogP contribution is 2.32. The lowest BCUT2D eigenvalue weighted by molar-refractivity contribution is -0.165. The standard InChI is InChI=1S/C18H32O2/c1-4-5-6-7-8-10-13-16(2)17(19)20-18(3)14-11-9-12-15-18/h7-8,16H,4-6,9-15H2,1-3H3. The molecule has 1 fully saturated rings. The zero-order valence-electron chi connectivity index (χ0n) is 13.6. The van der Waals surface area contributed by atoms with Crippen molar-refractivity contribution < 1.29 is 9.53 Å². The van der Waals surface area contributed by atoms with E-state index in [1.165, 1.54) is 32.1 Å².